The van der Waals surface area contributed by atoms with Crippen LogP contribution in [0, 0.1) is 5.82 Å². The second-order valence-corrected chi connectivity index (χ2v) is 7.41. The van der Waals surface area contributed by atoms with Gasteiger partial charge in [-0.25, -0.2) is 14.2 Å². The van der Waals surface area contributed by atoms with Gasteiger partial charge in [-0.3, -0.25) is 10.1 Å². The number of aromatic nitrogens is 2. The van der Waals surface area contributed by atoms with E-state index < -0.39 is 35.2 Å². The van der Waals surface area contributed by atoms with Gasteiger partial charge in [-0.1, -0.05) is 0 Å². The molecule has 0 unspecified atom stereocenters. The molecule has 0 saturated carbocycles. The SMILES string of the molecule is NCC(=O)Nc1nc2ccc(Oc3ccc(NC(=O)Nc4cc(C(F)(F)F)ccc4F)cc3)cc2[nH]1. The number of alkyl halides is 3. The number of fused-ring (bicyclic) bond motifs is 1. The number of imidazole rings is 1. The number of nitrogens with one attached hydrogen (secondary N) is 4. The Balaban J connectivity index is 1.39. The second kappa shape index (κ2) is 9.92. The minimum absolute atomic E-state index is 0.181. The fourth-order valence-electron chi connectivity index (χ4n) is 3.12. The zero-order valence-corrected chi connectivity index (χ0v) is 18.2. The maximum absolute atomic E-state index is 13.8. The highest BCUT2D eigenvalue weighted by Gasteiger charge is 2.31. The van der Waals surface area contributed by atoms with E-state index in [-0.39, 0.29) is 18.2 Å². The van der Waals surface area contributed by atoms with Gasteiger partial charge < -0.3 is 26.1 Å². The Labute approximate surface area is 200 Å². The number of carbonyl (C=O) groups is 2. The molecule has 3 amide bonds. The molecule has 0 fully saturated rings. The fraction of sp³-hybridized carbons (Fsp3) is 0.0870. The van der Waals surface area contributed by atoms with Crippen LogP contribution >= 0.6 is 0 Å². The lowest BCUT2D eigenvalue weighted by Gasteiger charge is -2.12. The molecular weight excluding hydrogens is 484 g/mol. The van der Waals surface area contributed by atoms with Crippen LogP contribution in [0.1, 0.15) is 5.56 Å². The number of amides is 3. The van der Waals surface area contributed by atoms with Crippen molar-refractivity contribution in [1.82, 2.24) is 9.97 Å². The van der Waals surface area contributed by atoms with Crippen LogP contribution in [0.5, 0.6) is 11.5 Å². The standard InChI is InChI=1S/C23H18F4N6O3/c24-16-7-1-12(23(25,26)27)9-18(16)32-22(35)29-13-2-4-14(5-3-13)36-15-6-8-17-19(10-15)31-21(30-17)33-20(34)11-28/h1-10H,11,28H2,(H2,29,32,35)(H2,30,31,33,34). The van der Waals surface area contributed by atoms with Crippen LogP contribution < -0.4 is 26.4 Å². The van der Waals surface area contributed by atoms with Crippen LogP contribution in [-0.2, 0) is 11.0 Å². The summed E-state index contributed by atoms with van der Waals surface area (Å²) >= 11 is 0. The second-order valence-electron chi connectivity index (χ2n) is 7.41. The topological polar surface area (TPSA) is 134 Å². The lowest BCUT2D eigenvalue weighted by molar-refractivity contribution is -0.137. The molecule has 1 aromatic heterocycles. The molecule has 1 heterocycles. The number of urea groups is 1. The summed E-state index contributed by atoms with van der Waals surface area (Å²) in [5, 5.41) is 6.98. The summed E-state index contributed by atoms with van der Waals surface area (Å²) in [5.41, 5.74) is 5.06. The Kier molecular flexibility index (Phi) is 6.74. The van der Waals surface area contributed by atoms with Gasteiger partial charge in [0, 0.05) is 11.8 Å². The number of hydrogen-bond donors (Lipinski definition) is 5. The summed E-state index contributed by atoms with van der Waals surface area (Å²) < 4.78 is 58.1. The van der Waals surface area contributed by atoms with Crippen molar-refractivity contribution in [1.29, 1.82) is 0 Å². The van der Waals surface area contributed by atoms with Crippen LogP contribution in [0.15, 0.2) is 60.7 Å². The van der Waals surface area contributed by atoms with Crippen molar-refractivity contribution >= 4 is 40.3 Å². The number of nitrogens with zero attached hydrogens (tertiary/aromatic N) is 1. The van der Waals surface area contributed by atoms with Crippen molar-refractivity contribution in [2.24, 2.45) is 5.73 Å². The Morgan fingerprint density at radius 1 is 0.944 bits per heavy atom. The van der Waals surface area contributed by atoms with Crippen molar-refractivity contribution in [3.63, 3.8) is 0 Å². The number of hydrogen-bond acceptors (Lipinski definition) is 5. The van der Waals surface area contributed by atoms with Crippen LogP contribution in [0.4, 0.5) is 39.7 Å². The third-order valence-electron chi connectivity index (χ3n) is 4.79. The molecular formula is C23H18F4N6O3. The molecule has 4 rings (SSSR count). The number of nitrogens with two attached hydrogens (primary N) is 1. The minimum atomic E-state index is -4.68. The molecule has 0 radical (unpaired) electrons. The van der Waals surface area contributed by atoms with E-state index in [4.69, 9.17) is 10.5 Å². The zero-order valence-electron chi connectivity index (χ0n) is 18.2. The van der Waals surface area contributed by atoms with Crippen molar-refractivity contribution in [3.05, 3.63) is 72.0 Å². The number of rotatable bonds is 6. The maximum Gasteiger partial charge on any atom is 0.416 e. The lowest BCUT2D eigenvalue weighted by Crippen LogP contribution is -2.22. The van der Waals surface area contributed by atoms with Gasteiger partial charge in [-0.2, -0.15) is 13.2 Å². The van der Waals surface area contributed by atoms with Gasteiger partial charge in [0.2, 0.25) is 11.9 Å². The van der Waals surface area contributed by atoms with E-state index in [0.29, 0.717) is 40.7 Å². The van der Waals surface area contributed by atoms with E-state index >= 15 is 0 Å². The van der Waals surface area contributed by atoms with E-state index in [1.807, 2.05) is 0 Å². The molecule has 0 saturated heterocycles. The van der Waals surface area contributed by atoms with E-state index in [2.05, 4.69) is 25.9 Å². The number of benzene rings is 3. The molecule has 0 aliphatic carbocycles. The molecule has 0 atom stereocenters. The number of carbonyl (C=O) groups excluding carboxylic acids is 2. The summed E-state index contributed by atoms with van der Waals surface area (Å²) in [7, 11) is 0. The Morgan fingerprint density at radius 3 is 2.36 bits per heavy atom. The molecule has 0 spiro atoms. The number of H-pyrrole nitrogens is 1. The monoisotopic (exact) mass is 502 g/mol. The highest BCUT2D eigenvalue weighted by atomic mass is 19.4. The average molecular weight is 502 g/mol. The first-order chi connectivity index (χ1) is 17.1. The van der Waals surface area contributed by atoms with E-state index in [9.17, 15) is 27.2 Å². The predicted octanol–water partition coefficient (Wildman–Crippen LogP) is 5.05. The molecule has 4 aromatic rings. The molecule has 36 heavy (non-hydrogen) atoms. The number of anilines is 3. The Morgan fingerprint density at radius 2 is 1.67 bits per heavy atom. The number of halogens is 4. The summed E-state index contributed by atoms with van der Waals surface area (Å²) in [6.07, 6.45) is -4.68. The average Bonchev–Trinajstić information content (AvgIpc) is 3.22. The van der Waals surface area contributed by atoms with Crippen LogP contribution in [-0.4, -0.2) is 28.5 Å². The fourth-order valence-corrected chi connectivity index (χ4v) is 3.12. The normalized spacial score (nSPS) is 11.2. The van der Waals surface area contributed by atoms with E-state index in [1.165, 1.54) is 12.1 Å². The van der Waals surface area contributed by atoms with Gasteiger partial charge in [0.05, 0.1) is 28.8 Å². The molecule has 3 aromatic carbocycles. The smallest absolute Gasteiger partial charge is 0.416 e. The first-order valence-electron chi connectivity index (χ1n) is 10.3. The van der Waals surface area contributed by atoms with Crippen LogP contribution in [0.3, 0.4) is 0 Å². The largest absolute Gasteiger partial charge is 0.457 e. The van der Waals surface area contributed by atoms with E-state index in [0.717, 1.165) is 0 Å². The highest BCUT2D eigenvalue weighted by Crippen LogP contribution is 2.32. The Bertz CT molecular complexity index is 1420. The number of ether oxygens (including phenoxy) is 1. The predicted molar refractivity (Wildman–Crippen MR) is 124 cm³/mol. The highest BCUT2D eigenvalue weighted by molar-refractivity contribution is 6.00. The first-order valence-corrected chi connectivity index (χ1v) is 10.3. The minimum Gasteiger partial charge on any atom is -0.457 e. The Hall–Kier alpha value is -4.65. The summed E-state index contributed by atoms with van der Waals surface area (Å²) in [6.45, 7) is -0.181. The number of aromatic amines is 1. The molecule has 0 aliphatic rings. The van der Waals surface area contributed by atoms with Gasteiger partial charge >= 0.3 is 12.2 Å². The van der Waals surface area contributed by atoms with Crippen LogP contribution in [0.2, 0.25) is 0 Å². The van der Waals surface area contributed by atoms with Crippen molar-refractivity contribution < 1.29 is 31.9 Å². The lowest BCUT2D eigenvalue weighted by atomic mass is 10.2. The zero-order chi connectivity index (χ0) is 25.9. The van der Waals surface area contributed by atoms with Crippen molar-refractivity contribution in [2.45, 2.75) is 6.18 Å². The summed E-state index contributed by atoms with van der Waals surface area (Å²) in [5.74, 6) is -0.282. The molecule has 13 heteroatoms. The summed E-state index contributed by atoms with van der Waals surface area (Å²) in [6, 6.07) is 11.9. The van der Waals surface area contributed by atoms with Gasteiger partial charge in [0.25, 0.3) is 0 Å². The molecule has 6 N–H and O–H groups in total. The third-order valence-corrected chi connectivity index (χ3v) is 4.79. The molecule has 9 nitrogen and oxygen atoms in total. The van der Waals surface area contributed by atoms with Gasteiger partial charge in [0.1, 0.15) is 17.3 Å². The van der Waals surface area contributed by atoms with Crippen LogP contribution in [0.25, 0.3) is 11.0 Å². The van der Waals surface area contributed by atoms with Crippen molar-refractivity contribution in [2.75, 3.05) is 22.5 Å². The van der Waals surface area contributed by atoms with Gasteiger partial charge in [-0.15, -0.1) is 0 Å². The third kappa shape index (κ3) is 5.88. The summed E-state index contributed by atoms with van der Waals surface area (Å²) in [4.78, 5) is 30.7. The van der Waals surface area contributed by atoms with E-state index in [1.54, 1.807) is 30.3 Å². The molecule has 0 aliphatic heterocycles. The maximum atomic E-state index is 13.8. The first kappa shape index (κ1) is 24.5. The van der Waals surface area contributed by atoms with Gasteiger partial charge in [-0.05, 0) is 54.6 Å². The van der Waals surface area contributed by atoms with Gasteiger partial charge in [0.15, 0.2) is 0 Å². The van der Waals surface area contributed by atoms with Crippen molar-refractivity contribution in [3.8, 4) is 11.5 Å². The molecule has 186 valence electrons. The quantitative estimate of drug-likeness (QED) is 0.235. The molecule has 0 bridgehead atoms.